The molecule has 2 rings (SSSR count). The molecule has 1 amide bonds. The zero-order valence-corrected chi connectivity index (χ0v) is 16.0. The average Bonchev–Trinajstić information content (AvgIpc) is 2.62. The number of hydrogen-bond donors (Lipinski definition) is 1. The summed E-state index contributed by atoms with van der Waals surface area (Å²) in [6.07, 6.45) is 1.55. The quantitative estimate of drug-likeness (QED) is 0.408. The highest BCUT2D eigenvalue weighted by molar-refractivity contribution is 14.1. The highest BCUT2D eigenvalue weighted by Gasteiger charge is 2.10. The number of nitriles is 1. The summed E-state index contributed by atoms with van der Waals surface area (Å²) >= 11 is 2.16. The lowest BCUT2D eigenvalue weighted by Crippen LogP contribution is -2.13. The van der Waals surface area contributed by atoms with Gasteiger partial charge in [0.1, 0.15) is 23.1 Å². The van der Waals surface area contributed by atoms with Gasteiger partial charge in [0.25, 0.3) is 5.91 Å². The molecule has 0 fully saturated rings. The van der Waals surface area contributed by atoms with Crippen LogP contribution in [0.2, 0.25) is 0 Å². The maximum absolute atomic E-state index is 12.3. The number of halogens is 1. The summed E-state index contributed by atoms with van der Waals surface area (Å²) in [5.41, 5.74) is 1.37. The number of carbonyl (C=O) groups excluding carboxylic acids is 1. The Balaban J connectivity index is 2.17. The van der Waals surface area contributed by atoms with Crippen LogP contribution in [0.4, 0.5) is 5.69 Å². The molecular weight excluding hydrogens is 431 g/mol. The van der Waals surface area contributed by atoms with Crippen LogP contribution in [-0.4, -0.2) is 19.6 Å². The van der Waals surface area contributed by atoms with E-state index in [1.807, 2.05) is 31.2 Å². The number of benzene rings is 2. The maximum Gasteiger partial charge on any atom is 0.266 e. The van der Waals surface area contributed by atoms with E-state index in [4.69, 9.17) is 9.47 Å². The molecule has 5 nitrogen and oxygen atoms in total. The van der Waals surface area contributed by atoms with Gasteiger partial charge in [-0.2, -0.15) is 5.26 Å². The molecule has 0 aromatic heterocycles. The van der Waals surface area contributed by atoms with Crippen LogP contribution < -0.4 is 14.8 Å². The van der Waals surface area contributed by atoms with Gasteiger partial charge in [-0.3, -0.25) is 4.79 Å². The number of carbonyl (C=O) groups is 1. The van der Waals surface area contributed by atoms with E-state index >= 15 is 0 Å². The summed E-state index contributed by atoms with van der Waals surface area (Å²) in [4.78, 5) is 12.3. The topological polar surface area (TPSA) is 71.3 Å². The van der Waals surface area contributed by atoms with Crippen molar-refractivity contribution in [3.63, 3.8) is 0 Å². The van der Waals surface area contributed by atoms with E-state index < -0.39 is 5.91 Å². The average molecular weight is 448 g/mol. The lowest BCUT2D eigenvalue weighted by Gasteiger charge is -2.07. The molecule has 0 aliphatic rings. The van der Waals surface area contributed by atoms with Crippen molar-refractivity contribution >= 4 is 40.3 Å². The molecule has 0 heterocycles. The van der Waals surface area contributed by atoms with Crippen LogP contribution in [0.25, 0.3) is 6.08 Å². The monoisotopic (exact) mass is 448 g/mol. The third kappa shape index (κ3) is 5.22. The molecule has 0 radical (unpaired) electrons. The van der Waals surface area contributed by atoms with Crippen LogP contribution >= 0.6 is 22.6 Å². The molecule has 0 aliphatic carbocycles. The summed E-state index contributed by atoms with van der Waals surface area (Å²) < 4.78 is 11.5. The van der Waals surface area contributed by atoms with E-state index in [9.17, 15) is 10.1 Å². The molecule has 0 bridgehead atoms. The van der Waals surface area contributed by atoms with Crippen LogP contribution in [0, 0.1) is 14.9 Å². The number of nitrogens with zero attached hydrogens (tertiary/aromatic N) is 1. The van der Waals surface area contributed by atoms with Crippen LogP contribution in [0.5, 0.6) is 11.5 Å². The second-order valence-corrected chi connectivity index (χ2v) is 6.14. The molecule has 0 saturated carbocycles. The summed E-state index contributed by atoms with van der Waals surface area (Å²) in [5.74, 6) is 1.01. The van der Waals surface area contributed by atoms with Gasteiger partial charge in [0, 0.05) is 5.69 Å². The van der Waals surface area contributed by atoms with Crippen molar-refractivity contribution in [3.05, 3.63) is 57.2 Å². The summed E-state index contributed by atoms with van der Waals surface area (Å²) in [7, 11) is 1.57. The van der Waals surface area contributed by atoms with E-state index in [1.54, 1.807) is 37.5 Å². The van der Waals surface area contributed by atoms with Crippen molar-refractivity contribution < 1.29 is 14.3 Å². The second-order valence-electron chi connectivity index (χ2n) is 4.98. The SMILES string of the molecule is CCOc1ccc(/C=C(\C#N)C(=O)Nc2ccc(OC)cc2)cc1I. The molecule has 25 heavy (non-hydrogen) atoms. The number of methoxy groups -OCH3 is 1. The Kier molecular flexibility index (Phi) is 6.83. The molecule has 0 spiro atoms. The summed E-state index contributed by atoms with van der Waals surface area (Å²) in [6.45, 7) is 2.50. The van der Waals surface area contributed by atoms with Gasteiger partial charge in [-0.25, -0.2) is 0 Å². The minimum atomic E-state index is -0.462. The van der Waals surface area contributed by atoms with E-state index in [1.165, 1.54) is 0 Å². The molecule has 128 valence electrons. The molecule has 0 saturated heterocycles. The molecule has 0 aliphatic heterocycles. The Hall–Kier alpha value is -2.53. The van der Waals surface area contributed by atoms with Crippen LogP contribution in [0.1, 0.15) is 12.5 Å². The Morgan fingerprint density at radius 3 is 2.56 bits per heavy atom. The van der Waals surface area contributed by atoms with E-state index in [-0.39, 0.29) is 5.57 Å². The fourth-order valence-corrected chi connectivity index (χ4v) is 2.76. The molecule has 2 aromatic rings. The van der Waals surface area contributed by atoms with Crippen molar-refractivity contribution in [2.24, 2.45) is 0 Å². The zero-order valence-electron chi connectivity index (χ0n) is 13.9. The van der Waals surface area contributed by atoms with Crippen LogP contribution in [0.3, 0.4) is 0 Å². The highest BCUT2D eigenvalue weighted by Crippen LogP contribution is 2.23. The number of rotatable bonds is 6. The zero-order chi connectivity index (χ0) is 18.2. The van der Waals surface area contributed by atoms with E-state index in [0.717, 1.165) is 14.9 Å². The number of amides is 1. The van der Waals surface area contributed by atoms with E-state index in [2.05, 4.69) is 27.9 Å². The number of nitrogens with one attached hydrogen (secondary N) is 1. The van der Waals surface area contributed by atoms with Crippen molar-refractivity contribution in [3.8, 4) is 17.6 Å². The summed E-state index contributed by atoms with van der Waals surface area (Å²) in [5, 5.41) is 12.0. The first-order valence-corrected chi connectivity index (χ1v) is 8.64. The van der Waals surface area contributed by atoms with Gasteiger partial charge in [0.05, 0.1) is 17.3 Å². The third-order valence-electron chi connectivity index (χ3n) is 3.28. The first-order valence-electron chi connectivity index (χ1n) is 7.57. The normalized spacial score (nSPS) is 10.7. The molecule has 6 heteroatoms. The van der Waals surface area contributed by atoms with Gasteiger partial charge in [-0.15, -0.1) is 0 Å². The second kappa shape index (κ2) is 9.08. The summed E-state index contributed by atoms with van der Waals surface area (Å²) in [6, 6.07) is 14.3. The number of ether oxygens (including phenoxy) is 2. The van der Waals surface area contributed by atoms with Gasteiger partial charge >= 0.3 is 0 Å². The number of hydrogen-bond acceptors (Lipinski definition) is 4. The molecule has 0 atom stereocenters. The predicted molar refractivity (Wildman–Crippen MR) is 106 cm³/mol. The Bertz CT molecular complexity index is 824. The Morgan fingerprint density at radius 2 is 2.00 bits per heavy atom. The highest BCUT2D eigenvalue weighted by atomic mass is 127. The Labute approximate surface area is 160 Å². The fourth-order valence-electron chi connectivity index (χ4n) is 2.07. The lowest BCUT2D eigenvalue weighted by atomic mass is 10.1. The first-order chi connectivity index (χ1) is 12.1. The minimum Gasteiger partial charge on any atom is -0.497 e. The molecular formula is C19H17IN2O3. The van der Waals surface area contributed by atoms with Gasteiger partial charge in [0.15, 0.2) is 0 Å². The first kappa shape index (κ1) is 18.8. The number of anilines is 1. The smallest absolute Gasteiger partial charge is 0.266 e. The van der Waals surface area contributed by atoms with Gasteiger partial charge in [-0.1, -0.05) is 6.07 Å². The van der Waals surface area contributed by atoms with Crippen LogP contribution in [-0.2, 0) is 4.79 Å². The lowest BCUT2D eigenvalue weighted by molar-refractivity contribution is -0.112. The van der Waals surface area contributed by atoms with Crippen LogP contribution in [0.15, 0.2) is 48.0 Å². The molecule has 0 unspecified atom stereocenters. The predicted octanol–water partition coefficient (Wildman–Crippen LogP) is 4.24. The van der Waals surface area contributed by atoms with E-state index in [0.29, 0.717) is 18.0 Å². The third-order valence-corrected chi connectivity index (χ3v) is 4.12. The van der Waals surface area contributed by atoms with Gasteiger partial charge in [-0.05, 0) is 77.6 Å². The van der Waals surface area contributed by atoms with Crippen molar-refractivity contribution in [2.45, 2.75) is 6.92 Å². The van der Waals surface area contributed by atoms with Gasteiger partial charge in [0.2, 0.25) is 0 Å². The Morgan fingerprint density at radius 1 is 1.28 bits per heavy atom. The largest absolute Gasteiger partial charge is 0.497 e. The fraction of sp³-hybridized carbons (Fsp3) is 0.158. The molecule has 2 aromatic carbocycles. The minimum absolute atomic E-state index is 0.0239. The van der Waals surface area contributed by atoms with Crippen molar-refractivity contribution in [2.75, 3.05) is 19.0 Å². The van der Waals surface area contributed by atoms with Gasteiger partial charge < -0.3 is 14.8 Å². The maximum atomic E-state index is 12.3. The van der Waals surface area contributed by atoms with Crippen molar-refractivity contribution in [1.82, 2.24) is 0 Å². The molecule has 1 N–H and O–H groups in total. The standard InChI is InChI=1S/C19H17IN2O3/c1-3-25-18-9-4-13(11-17(18)20)10-14(12-21)19(23)22-15-5-7-16(24-2)8-6-15/h4-11H,3H2,1-2H3,(H,22,23)/b14-10+. The van der Waals surface area contributed by atoms with Crippen molar-refractivity contribution in [1.29, 1.82) is 5.26 Å².